The van der Waals surface area contributed by atoms with Gasteiger partial charge < -0.3 is 4.74 Å². The summed E-state index contributed by atoms with van der Waals surface area (Å²) in [4.78, 5) is 26.7. The zero-order valence-electron chi connectivity index (χ0n) is 17.7. The Labute approximate surface area is 225 Å². The highest BCUT2D eigenvalue weighted by Gasteiger charge is 2.35. The van der Waals surface area contributed by atoms with Gasteiger partial charge in [0.15, 0.2) is 5.75 Å². The van der Waals surface area contributed by atoms with Crippen LogP contribution in [0.5, 0.6) is 5.75 Å². The molecule has 0 saturated carbocycles. The van der Waals surface area contributed by atoms with Crippen molar-refractivity contribution in [2.24, 2.45) is 0 Å². The van der Waals surface area contributed by atoms with E-state index < -0.39 is 11.1 Å². The standard InChI is InChI=1S/C25H14Cl4N2O3S/c26-18-6-5-14(7-19(18)27)13-34-23-20(28)8-15(9-21(23)29)10-22-24(32)31(25(33)35-22)12-17-4-2-1-3-16(17)11-30/h1-10H,12-13H2/b22-10+. The van der Waals surface area contributed by atoms with E-state index in [-0.39, 0.29) is 33.9 Å². The number of imide groups is 1. The van der Waals surface area contributed by atoms with Crippen LogP contribution in [0.4, 0.5) is 4.79 Å². The molecule has 0 bridgehead atoms. The molecular formula is C25H14Cl4N2O3S. The summed E-state index contributed by atoms with van der Waals surface area (Å²) in [5, 5.41) is 10.2. The molecule has 5 nitrogen and oxygen atoms in total. The Morgan fingerprint density at radius 2 is 1.66 bits per heavy atom. The lowest BCUT2D eigenvalue weighted by atomic mass is 10.1. The lowest BCUT2D eigenvalue weighted by Gasteiger charge is -2.13. The number of nitrogens with zero attached hydrogens (tertiary/aromatic N) is 2. The molecule has 35 heavy (non-hydrogen) atoms. The van der Waals surface area contributed by atoms with Gasteiger partial charge in [-0.05, 0) is 64.9 Å². The molecule has 0 aromatic heterocycles. The maximum absolute atomic E-state index is 12.9. The van der Waals surface area contributed by atoms with Crippen molar-refractivity contribution < 1.29 is 14.3 Å². The zero-order valence-corrected chi connectivity index (χ0v) is 21.6. The maximum atomic E-state index is 12.9. The molecule has 1 aliphatic heterocycles. The molecule has 1 heterocycles. The highest BCUT2D eigenvalue weighted by molar-refractivity contribution is 8.18. The second-order valence-corrected chi connectivity index (χ2v) is 10.0. The number of hydrogen-bond acceptors (Lipinski definition) is 5. The van der Waals surface area contributed by atoms with Crippen molar-refractivity contribution in [1.29, 1.82) is 5.26 Å². The van der Waals surface area contributed by atoms with E-state index in [1.54, 1.807) is 60.7 Å². The van der Waals surface area contributed by atoms with Crippen LogP contribution in [0.25, 0.3) is 6.08 Å². The van der Waals surface area contributed by atoms with Gasteiger partial charge in [-0.2, -0.15) is 5.26 Å². The molecule has 1 saturated heterocycles. The van der Waals surface area contributed by atoms with Crippen LogP contribution >= 0.6 is 58.2 Å². The van der Waals surface area contributed by atoms with Gasteiger partial charge in [-0.15, -0.1) is 0 Å². The predicted octanol–water partition coefficient (Wildman–Crippen LogP) is 7.99. The van der Waals surface area contributed by atoms with Gasteiger partial charge in [0.25, 0.3) is 11.1 Å². The first-order chi connectivity index (χ1) is 16.8. The lowest BCUT2D eigenvalue weighted by molar-refractivity contribution is -0.123. The number of halogens is 4. The summed E-state index contributed by atoms with van der Waals surface area (Å²) in [6.45, 7) is 0.174. The Balaban J connectivity index is 1.51. The van der Waals surface area contributed by atoms with Crippen LogP contribution in [0, 0.1) is 11.3 Å². The Hall–Kier alpha value is -2.66. The molecule has 10 heteroatoms. The predicted molar refractivity (Wildman–Crippen MR) is 140 cm³/mol. The van der Waals surface area contributed by atoms with Crippen LogP contribution in [-0.2, 0) is 17.9 Å². The van der Waals surface area contributed by atoms with Gasteiger partial charge in [0.1, 0.15) is 6.61 Å². The Bertz CT molecular complexity index is 1400. The van der Waals surface area contributed by atoms with Crippen molar-refractivity contribution in [1.82, 2.24) is 4.90 Å². The molecule has 0 radical (unpaired) electrons. The molecule has 0 spiro atoms. The number of nitriles is 1. The molecule has 0 unspecified atom stereocenters. The van der Waals surface area contributed by atoms with Crippen LogP contribution in [0.15, 0.2) is 59.5 Å². The smallest absolute Gasteiger partial charge is 0.293 e. The summed E-state index contributed by atoms with van der Waals surface area (Å²) in [5.74, 6) is -0.183. The summed E-state index contributed by atoms with van der Waals surface area (Å²) in [7, 11) is 0. The molecule has 0 atom stereocenters. The fraction of sp³-hybridized carbons (Fsp3) is 0.0800. The summed E-state index contributed by atoms with van der Waals surface area (Å²) in [6.07, 6.45) is 1.54. The van der Waals surface area contributed by atoms with E-state index in [9.17, 15) is 14.9 Å². The van der Waals surface area contributed by atoms with E-state index in [0.717, 1.165) is 22.2 Å². The molecule has 4 rings (SSSR count). The molecular weight excluding hydrogens is 550 g/mol. The Morgan fingerprint density at radius 1 is 0.943 bits per heavy atom. The van der Waals surface area contributed by atoms with E-state index in [1.165, 1.54) is 0 Å². The van der Waals surface area contributed by atoms with Gasteiger partial charge in [0.05, 0.1) is 43.2 Å². The molecule has 3 aromatic rings. The number of amides is 2. The van der Waals surface area contributed by atoms with Crippen molar-refractivity contribution in [2.75, 3.05) is 0 Å². The molecule has 3 aromatic carbocycles. The first-order valence-electron chi connectivity index (χ1n) is 10.1. The van der Waals surface area contributed by atoms with E-state index in [0.29, 0.717) is 26.7 Å². The van der Waals surface area contributed by atoms with E-state index in [2.05, 4.69) is 6.07 Å². The number of ether oxygens (including phenoxy) is 1. The summed E-state index contributed by atoms with van der Waals surface area (Å²) < 4.78 is 5.77. The van der Waals surface area contributed by atoms with Crippen LogP contribution < -0.4 is 4.74 Å². The number of thioether (sulfide) groups is 1. The van der Waals surface area contributed by atoms with E-state index in [4.69, 9.17) is 51.1 Å². The number of carbonyl (C=O) groups excluding carboxylic acids is 2. The van der Waals surface area contributed by atoms with Crippen molar-refractivity contribution in [3.05, 3.63) is 102 Å². The van der Waals surface area contributed by atoms with Crippen molar-refractivity contribution in [3.63, 3.8) is 0 Å². The third-order valence-electron chi connectivity index (χ3n) is 5.03. The van der Waals surface area contributed by atoms with Crippen LogP contribution in [0.2, 0.25) is 20.1 Å². The van der Waals surface area contributed by atoms with Crippen molar-refractivity contribution in [2.45, 2.75) is 13.2 Å². The van der Waals surface area contributed by atoms with Crippen LogP contribution in [0.1, 0.15) is 22.3 Å². The minimum atomic E-state index is -0.458. The van der Waals surface area contributed by atoms with Gasteiger partial charge in [-0.1, -0.05) is 70.7 Å². The third kappa shape index (κ3) is 5.78. The fourth-order valence-electron chi connectivity index (χ4n) is 3.31. The number of carbonyl (C=O) groups is 2. The Kier molecular flexibility index (Phi) is 7.95. The number of benzene rings is 3. The first kappa shape index (κ1) is 25.4. The number of hydrogen-bond donors (Lipinski definition) is 0. The molecule has 1 fully saturated rings. The molecule has 0 aliphatic carbocycles. The van der Waals surface area contributed by atoms with Crippen LogP contribution in [-0.4, -0.2) is 16.0 Å². The van der Waals surface area contributed by atoms with Gasteiger partial charge >= 0.3 is 0 Å². The lowest BCUT2D eigenvalue weighted by Crippen LogP contribution is -2.27. The quantitative estimate of drug-likeness (QED) is 0.284. The van der Waals surface area contributed by atoms with E-state index >= 15 is 0 Å². The fourth-order valence-corrected chi connectivity index (χ4v) is 5.08. The topological polar surface area (TPSA) is 70.4 Å². The zero-order chi connectivity index (χ0) is 25.1. The van der Waals surface area contributed by atoms with Gasteiger partial charge in [0, 0.05) is 0 Å². The minimum absolute atomic E-state index is 0.00868. The van der Waals surface area contributed by atoms with Gasteiger partial charge in [-0.3, -0.25) is 14.5 Å². The molecule has 1 aliphatic rings. The van der Waals surface area contributed by atoms with Gasteiger partial charge in [0.2, 0.25) is 0 Å². The first-order valence-corrected chi connectivity index (χ1v) is 12.4. The van der Waals surface area contributed by atoms with Crippen molar-refractivity contribution >= 4 is 75.4 Å². The highest BCUT2D eigenvalue weighted by Crippen LogP contribution is 2.38. The largest absolute Gasteiger partial charge is 0.486 e. The maximum Gasteiger partial charge on any atom is 0.293 e. The Morgan fingerprint density at radius 3 is 2.34 bits per heavy atom. The summed E-state index contributed by atoms with van der Waals surface area (Å²) in [6, 6.07) is 17.2. The van der Waals surface area contributed by atoms with Crippen LogP contribution in [0.3, 0.4) is 0 Å². The third-order valence-corrected chi connectivity index (χ3v) is 7.23. The highest BCUT2D eigenvalue weighted by atomic mass is 35.5. The SMILES string of the molecule is N#Cc1ccccc1CN1C(=O)S/C(=C/c2cc(Cl)c(OCc3ccc(Cl)c(Cl)c3)c(Cl)c2)C1=O. The average molecular weight is 564 g/mol. The molecule has 0 N–H and O–H groups in total. The summed E-state index contributed by atoms with van der Waals surface area (Å²) >= 11 is 25.6. The second kappa shape index (κ2) is 10.9. The summed E-state index contributed by atoms with van der Waals surface area (Å²) in [5.41, 5.74) is 2.31. The average Bonchev–Trinajstić information content (AvgIpc) is 3.08. The normalized spacial score (nSPS) is 14.5. The monoisotopic (exact) mass is 562 g/mol. The van der Waals surface area contributed by atoms with Crippen molar-refractivity contribution in [3.8, 4) is 11.8 Å². The van der Waals surface area contributed by atoms with Gasteiger partial charge in [-0.25, -0.2) is 0 Å². The minimum Gasteiger partial charge on any atom is -0.486 e. The van der Waals surface area contributed by atoms with E-state index in [1.807, 2.05) is 0 Å². The number of rotatable bonds is 6. The second-order valence-electron chi connectivity index (χ2n) is 7.39. The molecule has 2 amide bonds. The molecule has 176 valence electrons.